The highest BCUT2D eigenvalue weighted by molar-refractivity contribution is 6.06. The van der Waals surface area contributed by atoms with Crippen molar-refractivity contribution in [3.63, 3.8) is 0 Å². The summed E-state index contributed by atoms with van der Waals surface area (Å²) in [6.07, 6.45) is -4.55. The Hall–Kier alpha value is -2.56. The number of Topliss-reactive ketones (excluding diaryl/α,β-unsaturated/α-hetero) is 1. The molecule has 0 unspecified atom stereocenters. The lowest BCUT2D eigenvalue weighted by atomic mass is 9.98. The van der Waals surface area contributed by atoms with Crippen LogP contribution in [0.25, 0.3) is 0 Å². The number of halogens is 3. The van der Waals surface area contributed by atoms with Gasteiger partial charge in [-0.05, 0) is 24.0 Å². The number of amides is 1. The van der Waals surface area contributed by atoms with Crippen molar-refractivity contribution in [1.29, 1.82) is 5.26 Å². The van der Waals surface area contributed by atoms with Crippen LogP contribution in [0.4, 0.5) is 13.2 Å². The van der Waals surface area contributed by atoms with Crippen LogP contribution in [0.3, 0.4) is 0 Å². The van der Waals surface area contributed by atoms with Crippen LogP contribution < -0.4 is 10.1 Å². The number of ketones is 1. The quantitative estimate of drug-likeness (QED) is 0.841. The van der Waals surface area contributed by atoms with E-state index < -0.39 is 35.8 Å². The van der Waals surface area contributed by atoms with Crippen molar-refractivity contribution in [1.82, 2.24) is 5.32 Å². The van der Waals surface area contributed by atoms with Crippen LogP contribution in [0.2, 0.25) is 0 Å². The van der Waals surface area contributed by atoms with Crippen LogP contribution in [0.5, 0.6) is 5.75 Å². The second-order valence-electron chi connectivity index (χ2n) is 5.11. The van der Waals surface area contributed by atoms with Crippen LogP contribution in [-0.2, 0) is 9.59 Å². The summed E-state index contributed by atoms with van der Waals surface area (Å²) in [4.78, 5) is 23.7. The fraction of sp³-hybridized carbons (Fsp3) is 0.400. The zero-order valence-corrected chi connectivity index (χ0v) is 12.1. The van der Waals surface area contributed by atoms with Gasteiger partial charge >= 0.3 is 6.36 Å². The molecule has 3 atom stereocenters. The first-order valence-corrected chi connectivity index (χ1v) is 6.78. The molecule has 1 N–H and O–H groups in total. The van der Waals surface area contributed by atoms with E-state index in [1.54, 1.807) is 12.1 Å². The number of hydrogen-bond donors (Lipinski definition) is 1. The standard InChI is InChI=1S/C15H13F3N2O3/c1-20-14(22)11(7-19)13(21)10-6-9(10)8-4-2-3-5-12(8)23-15(16,17)18/h2-5,9-11H,6H2,1H3,(H,20,22)/t9-,10+,11+/m0/s1. The average Bonchev–Trinajstić information content (AvgIpc) is 3.26. The molecule has 0 spiro atoms. The number of para-hydroxylation sites is 1. The van der Waals surface area contributed by atoms with Gasteiger partial charge in [-0.2, -0.15) is 5.26 Å². The third kappa shape index (κ3) is 3.80. The summed E-state index contributed by atoms with van der Waals surface area (Å²) in [6.45, 7) is 0. The molecule has 8 heteroatoms. The molecule has 0 aromatic heterocycles. The first kappa shape index (κ1) is 16.8. The minimum absolute atomic E-state index is 0.247. The smallest absolute Gasteiger partial charge is 0.405 e. The molecule has 0 radical (unpaired) electrons. The molecule has 23 heavy (non-hydrogen) atoms. The lowest BCUT2D eigenvalue weighted by Gasteiger charge is -2.13. The van der Waals surface area contributed by atoms with Gasteiger partial charge in [-0.3, -0.25) is 9.59 Å². The van der Waals surface area contributed by atoms with Crippen molar-refractivity contribution in [3.8, 4) is 11.8 Å². The molecule has 0 bridgehead atoms. The van der Waals surface area contributed by atoms with Crippen LogP contribution in [0, 0.1) is 23.2 Å². The number of ether oxygens (including phenoxy) is 1. The first-order valence-electron chi connectivity index (χ1n) is 6.78. The van der Waals surface area contributed by atoms with E-state index in [1.807, 2.05) is 0 Å². The molecule has 122 valence electrons. The van der Waals surface area contributed by atoms with E-state index in [4.69, 9.17) is 5.26 Å². The summed E-state index contributed by atoms with van der Waals surface area (Å²) in [7, 11) is 1.30. The molecule has 1 amide bonds. The van der Waals surface area contributed by atoms with Gasteiger partial charge < -0.3 is 10.1 Å². The number of nitrogens with zero attached hydrogens (tertiary/aromatic N) is 1. The monoisotopic (exact) mass is 326 g/mol. The number of nitriles is 1. The van der Waals surface area contributed by atoms with Gasteiger partial charge in [-0.1, -0.05) is 18.2 Å². The summed E-state index contributed by atoms with van der Waals surface area (Å²) in [5, 5.41) is 11.2. The zero-order chi connectivity index (χ0) is 17.2. The van der Waals surface area contributed by atoms with E-state index in [1.165, 1.54) is 25.2 Å². The Morgan fingerprint density at radius 1 is 1.39 bits per heavy atom. The Balaban J connectivity index is 2.17. The van der Waals surface area contributed by atoms with Crippen molar-refractivity contribution in [2.45, 2.75) is 18.7 Å². The Morgan fingerprint density at radius 2 is 2.04 bits per heavy atom. The second-order valence-corrected chi connectivity index (χ2v) is 5.11. The fourth-order valence-electron chi connectivity index (χ4n) is 2.47. The SMILES string of the molecule is CNC(=O)[C@H](C#N)C(=O)[C@@H]1C[C@H]1c1ccccc1OC(F)(F)F. The maximum absolute atomic E-state index is 12.4. The fourth-order valence-corrected chi connectivity index (χ4v) is 2.47. The minimum Gasteiger partial charge on any atom is -0.405 e. The van der Waals surface area contributed by atoms with Gasteiger partial charge in [-0.15, -0.1) is 13.2 Å². The molecular weight excluding hydrogens is 313 g/mol. The van der Waals surface area contributed by atoms with Crippen LogP contribution in [-0.4, -0.2) is 25.1 Å². The van der Waals surface area contributed by atoms with Crippen molar-refractivity contribution in [2.75, 3.05) is 7.05 Å². The third-order valence-electron chi connectivity index (χ3n) is 3.62. The zero-order valence-electron chi connectivity index (χ0n) is 12.1. The maximum Gasteiger partial charge on any atom is 0.573 e. The Morgan fingerprint density at radius 3 is 2.61 bits per heavy atom. The van der Waals surface area contributed by atoms with E-state index in [-0.39, 0.29) is 17.7 Å². The van der Waals surface area contributed by atoms with E-state index in [0.717, 1.165) is 0 Å². The molecule has 1 aromatic rings. The highest BCUT2D eigenvalue weighted by Crippen LogP contribution is 2.52. The summed E-state index contributed by atoms with van der Waals surface area (Å²) < 4.78 is 41.2. The molecule has 2 rings (SSSR count). The molecule has 1 aliphatic rings. The highest BCUT2D eigenvalue weighted by Gasteiger charge is 2.49. The van der Waals surface area contributed by atoms with Gasteiger partial charge in [0, 0.05) is 13.0 Å². The predicted molar refractivity (Wildman–Crippen MR) is 72.1 cm³/mol. The molecule has 1 saturated carbocycles. The van der Waals surface area contributed by atoms with E-state index in [2.05, 4.69) is 10.1 Å². The summed E-state index contributed by atoms with van der Waals surface area (Å²) in [6, 6.07) is 7.18. The van der Waals surface area contributed by atoms with Crippen molar-refractivity contribution < 1.29 is 27.5 Å². The number of nitrogens with one attached hydrogen (secondary N) is 1. The molecular formula is C15H13F3N2O3. The molecule has 1 aliphatic carbocycles. The second kappa shape index (κ2) is 6.28. The van der Waals surface area contributed by atoms with Gasteiger partial charge in [0.1, 0.15) is 5.75 Å². The van der Waals surface area contributed by atoms with Gasteiger partial charge in [-0.25, -0.2) is 0 Å². The number of benzene rings is 1. The van der Waals surface area contributed by atoms with Gasteiger partial charge in [0.2, 0.25) is 5.91 Å². The number of rotatable bonds is 5. The average molecular weight is 326 g/mol. The lowest BCUT2D eigenvalue weighted by molar-refractivity contribution is -0.274. The maximum atomic E-state index is 12.4. The minimum atomic E-state index is -4.83. The Kier molecular flexibility index (Phi) is 4.59. The summed E-state index contributed by atoms with van der Waals surface area (Å²) in [5.41, 5.74) is 0.247. The molecule has 0 saturated heterocycles. The molecule has 5 nitrogen and oxygen atoms in total. The van der Waals surface area contributed by atoms with Crippen LogP contribution in [0.1, 0.15) is 17.9 Å². The topological polar surface area (TPSA) is 79.2 Å². The third-order valence-corrected chi connectivity index (χ3v) is 3.62. The number of carbonyl (C=O) groups excluding carboxylic acids is 2. The highest BCUT2D eigenvalue weighted by atomic mass is 19.4. The van der Waals surface area contributed by atoms with Gasteiger partial charge in [0.05, 0.1) is 6.07 Å². The molecule has 0 aliphatic heterocycles. The number of carbonyl (C=O) groups is 2. The molecule has 1 fully saturated rings. The largest absolute Gasteiger partial charge is 0.573 e. The van der Waals surface area contributed by atoms with E-state index >= 15 is 0 Å². The predicted octanol–water partition coefficient (Wildman–Crippen LogP) is 2.14. The summed E-state index contributed by atoms with van der Waals surface area (Å²) in [5.74, 6) is -4.27. The lowest BCUT2D eigenvalue weighted by Crippen LogP contribution is -2.33. The Labute approximate surface area is 130 Å². The van der Waals surface area contributed by atoms with E-state index in [9.17, 15) is 22.8 Å². The first-order chi connectivity index (χ1) is 10.8. The van der Waals surface area contributed by atoms with Crippen molar-refractivity contribution in [2.24, 2.45) is 11.8 Å². The summed E-state index contributed by atoms with van der Waals surface area (Å²) >= 11 is 0. The van der Waals surface area contributed by atoms with Crippen LogP contribution >= 0.6 is 0 Å². The van der Waals surface area contributed by atoms with Crippen molar-refractivity contribution >= 4 is 11.7 Å². The normalized spacial score (nSPS) is 21.0. The van der Waals surface area contributed by atoms with E-state index in [0.29, 0.717) is 0 Å². The van der Waals surface area contributed by atoms with Crippen LogP contribution in [0.15, 0.2) is 24.3 Å². The number of hydrogen-bond acceptors (Lipinski definition) is 4. The Bertz CT molecular complexity index is 667. The number of alkyl halides is 3. The van der Waals surface area contributed by atoms with Gasteiger partial charge in [0.25, 0.3) is 0 Å². The molecule has 1 aromatic carbocycles. The van der Waals surface area contributed by atoms with Crippen molar-refractivity contribution in [3.05, 3.63) is 29.8 Å². The molecule has 0 heterocycles. The van der Waals surface area contributed by atoms with Gasteiger partial charge in [0.15, 0.2) is 11.7 Å².